The molecule has 5 nitrogen and oxygen atoms in total. The van der Waals surface area contributed by atoms with Crippen LogP contribution in [0.15, 0.2) is 77.0 Å². The Labute approximate surface area is 152 Å². The van der Waals surface area contributed by atoms with E-state index in [9.17, 15) is 9.90 Å². The van der Waals surface area contributed by atoms with E-state index in [1.54, 1.807) is 0 Å². The number of hydrogen-bond acceptors (Lipinski definition) is 4. The summed E-state index contributed by atoms with van der Waals surface area (Å²) in [5.41, 5.74) is 2.09. The standard InChI is InChI=1S/C21H21N3O2/c1-14-13-22-20-19(21(26)23-16-10-6-3-7-11-16)18(25)12-17(24(14)20)15-8-4-2-5-9-15/h2-11,14,17,25H,12-13H2,1H3,(H,23,26)/t14-,17+/m0/s1. The van der Waals surface area contributed by atoms with Crippen molar-refractivity contribution in [2.24, 2.45) is 4.99 Å². The fourth-order valence-corrected chi connectivity index (χ4v) is 3.67. The minimum absolute atomic E-state index is 0.0132. The third-order valence-corrected chi connectivity index (χ3v) is 4.90. The molecule has 2 aromatic rings. The lowest BCUT2D eigenvalue weighted by molar-refractivity contribution is -0.112. The Balaban J connectivity index is 1.68. The molecule has 2 atom stereocenters. The first-order valence-corrected chi connectivity index (χ1v) is 8.82. The van der Waals surface area contributed by atoms with Crippen LogP contribution in [0.1, 0.15) is 24.9 Å². The lowest BCUT2D eigenvalue weighted by atomic mass is 9.92. The van der Waals surface area contributed by atoms with Crippen molar-refractivity contribution in [2.75, 3.05) is 11.9 Å². The number of aliphatic hydroxyl groups is 1. The van der Waals surface area contributed by atoms with Gasteiger partial charge in [-0.3, -0.25) is 9.79 Å². The number of aliphatic hydroxyl groups excluding tert-OH is 1. The van der Waals surface area contributed by atoms with Gasteiger partial charge in [-0.05, 0) is 24.6 Å². The molecule has 4 rings (SSSR count). The number of anilines is 1. The molecule has 0 radical (unpaired) electrons. The number of carbonyl (C=O) groups excluding carboxylic acids is 1. The van der Waals surface area contributed by atoms with E-state index >= 15 is 0 Å². The Morgan fingerprint density at radius 3 is 2.46 bits per heavy atom. The normalized spacial score (nSPS) is 22.0. The Hall–Kier alpha value is -3.08. The average molecular weight is 347 g/mol. The summed E-state index contributed by atoms with van der Waals surface area (Å²) >= 11 is 0. The van der Waals surface area contributed by atoms with Crippen LogP contribution in [0.25, 0.3) is 0 Å². The summed E-state index contributed by atoms with van der Waals surface area (Å²) in [6.45, 7) is 2.72. The number of amides is 1. The van der Waals surface area contributed by atoms with Gasteiger partial charge in [-0.2, -0.15) is 0 Å². The largest absolute Gasteiger partial charge is 0.511 e. The second-order valence-electron chi connectivity index (χ2n) is 6.69. The minimum atomic E-state index is -0.321. The van der Waals surface area contributed by atoms with Crippen molar-refractivity contribution in [1.29, 1.82) is 0 Å². The van der Waals surface area contributed by atoms with Crippen molar-refractivity contribution in [2.45, 2.75) is 25.4 Å². The van der Waals surface area contributed by atoms with Crippen LogP contribution in [0.5, 0.6) is 0 Å². The molecule has 0 saturated carbocycles. The highest BCUT2D eigenvalue weighted by molar-refractivity contribution is 6.25. The summed E-state index contributed by atoms with van der Waals surface area (Å²) < 4.78 is 0. The number of rotatable bonds is 3. The molecule has 0 bridgehead atoms. The number of nitrogens with zero attached hydrogens (tertiary/aromatic N) is 2. The van der Waals surface area contributed by atoms with Gasteiger partial charge < -0.3 is 15.3 Å². The summed E-state index contributed by atoms with van der Waals surface area (Å²) in [6, 6.07) is 19.5. The maximum absolute atomic E-state index is 12.8. The molecule has 1 amide bonds. The molecule has 0 fully saturated rings. The number of nitrogens with one attached hydrogen (secondary N) is 1. The number of fused-ring (bicyclic) bond motifs is 1. The maximum Gasteiger partial charge on any atom is 0.262 e. The molecular formula is C21H21N3O2. The maximum atomic E-state index is 12.8. The van der Waals surface area contributed by atoms with E-state index in [0.29, 0.717) is 24.5 Å². The van der Waals surface area contributed by atoms with Crippen LogP contribution in [-0.2, 0) is 4.79 Å². The zero-order valence-electron chi connectivity index (χ0n) is 14.6. The summed E-state index contributed by atoms with van der Waals surface area (Å²) in [7, 11) is 0. The molecule has 2 N–H and O–H groups in total. The number of aliphatic imine (C=N–C) groups is 1. The molecular weight excluding hydrogens is 326 g/mol. The van der Waals surface area contributed by atoms with Crippen LogP contribution >= 0.6 is 0 Å². The average Bonchev–Trinajstić information content (AvgIpc) is 3.04. The van der Waals surface area contributed by atoms with Gasteiger partial charge >= 0.3 is 0 Å². The Morgan fingerprint density at radius 2 is 1.77 bits per heavy atom. The number of para-hydroxylation sites is 1. The van der Waals surface area contributed by atoms with Gasteiger partial charge in [0.2, 0.25) is 0 Å². The predicted molar refractivity (Wildman–Crippen MR) is 102 cm³/mol. The number of amidine groups is 1. The number of hydrogen-bond donors (Lipinski definition) is 2. The first-order valence-electron chi connectivity index (χ1n) is 8.82. The molecule has 5 heteroatoms. The predicted octanol–water partition coefficient (Wildman–Crippen LogP) is 3.68. The van der Waals surface area contributed by atoms with E-state index in [2.05, 4.69) is 34.3 Å². The van der Waals surface area contributed by atoms with Gasteiger partial charge in [0.1, 0.15) is 17.2 Å². The smallest absolute Gasteiger partial charge is 0.262 e. The van der Waals surface area contributed by atoms with Crippen LogP contribution in [0.4, 0.5) is 5.69 Å². The van der Waals surface area contributed by atoms with Crippen LogP contribution < -0.4 is 5.32 Å². The molecule has 0 unspecified atom stereocenters. The second kappa shape index (κ2) is 6.67. The van der Waals surface area contributed by atoms with E-state index in [4.69, 9.17) is 0 Å². The van der Waals surface area contributed by atoms with Gasteiger partial charge in [0.15, 0.2) is 0 Å². The van der Waals surface area contributed by atoms with Crippen LogP contribution in [0.2, 0.25) is 0 Å². The van der Waals surface area contributed by atoms with Gasteiger partial charge in [-0.25, -0.2) is 0 Å². The van der Waals surface area contributed by atoms with E-state index in [1.165, 1.54) is 0 Å². The zero-order valence-corrected chi connectivity index (χ0v) is 14.6. The SMILES string of the molecule is C[C@H]1CN=C2C(C(=O)Nc3ccccc3)=C(O)C[C@H](c3ccccc3)N21. The fraction of sp³-hybridized carbons (Fsp3) is 0.238. The van der Waals surface area contributed by atoms with Crippen molar-refractivity contribution in [3.8, 4) is 0 Å². The highest BCUT2D eigenvalue weighted by Crippen LogP contribution is 2.38. The van der Waals surface area contributed by atoms with Gasteiger partial charge in [0.25, 0.3) is 5.91 Å². The van der Waals surface area contributed by atoms with E-state index < -0.39 is 0 Å². The quantitative estimate of drug-likeness (QED) is 0.890. The molecule has 0 aliphatic carbocycles. The van der Waals surface area contributed by atoms with Crippen molar-refractivity contribution < 1.29 is 9.90 Å². The summed E-state index contributed by atoms with van der Waals surface area (Å²) in [6.07, 6.45) is 0.394. The van der Waals surface area contributed by atoms with Crippen LogP contribution in [0.3, 0.4) is 0 Å². The summed E-state index contributed by atoms with van der Waals surface area (Å²) in [5, 5.41) is 13.6. The van der Waals surface area contributed by atoms with E-state index in [0.717, 1.165) is 5.56 Å². The molecule has 26 heavy (non-hydrogen) atoms. The third kappa shape index (κ3) is 2.86. The molecule has 0 spiro atoms. The summed E-state index contributed by atoms with van der Waals surface area (Å²) in [4.78, 5) is 19.6. The Morgan fingerprint density at radius 1 is 1.12 bits per heavy atom. The van der Waals surface area contributed by atoms with Gasteiger partial charge in [0.05, 0.1) is 12.6 Å². The molecule has 0 aromatic heterocycles. The van der Waals surface area contributed by atoms with Gasteiger partial charge in [-0.15, -0.1) is 0 Å². The molecule has 2 heterocycles. The zero-order chi connectivity index (χ0) is 18.1. The highest BCUT2D eigenvalue weighted by Gasteiger charge is 2.41. The van der Waals surface area contributed by atoms with Crippen LogP contribution in [0, 0.1) is 0 Å². The van der Waals surface area contributed by atoms with Crippen molar-refractivity contribution in [3.63, 3.8) is 0 Å². The van der Waals surface area contributed by atoms with Crippen molar-refractivity contribution in [3.05, 3.63) is 77.6 Å². The minimum Gasteiger partial charge on any atom is -0.511 e. The van der Waals surface area contributed by atoms with Crippen LogP contribution in [-0.4, -0.2) is 34.3 Å². The first-order chi connectivity index (χ1) is 12.6. The molecule has 2 aliphatic rings. The number of benzene rings is 2. The Bertz CT molecular complexity index is 875. The third-order valence-electron chi connectivity index (χ3n) is 4.90. The molecule has 2 aliphatic heterocycles. The first kappa shape index (κ1) is 16.4. The van der Waals surface area contributed by atoms with Gasteiger partial charge in [-0.1, -0.05) is 48.5 Å². The lowest BCUT2D eigenvalue weighted by Crippen LogP contribution is -2.44. The van der Waals surface area contributed by atoms with E-state index in [-0.39, 0.29) is 29.3 Å². The summed E-state index contributed by atoms with van der Waals surface area (Å²) in [5.74, 6) is 0.359. The fourth-order valence-electron chi connectivity index (χ4n) is 3.67. The molecule has 2 aromatic carbocycles. The molecule has 0 saturated heterocycles. The van der Waals surface area contributed by atoms with Gasteiger partial charge in [0, 0.05) is 18.2 Å². The van der Waals surface area contributed by atoms with Crippen molar-refractivity contribution >= 4 is 17.4 Å². The Kier molecular flexibility index (Phi) is 4.21. The van der Waals surface area contributed by atoms with E-state index in [1.807, 2.05) is 48.5 Å². The highest BCUT2D eigenvalue weighted by atomic mass is 16.3. The monoisotopic (exact) mass is 347 g/mol. The second-order valence-corrected chi connectivity index (χ2v) is 6.69. The lowest BCUT2D eigenvalue weighted by Gasteiger charge is -2.38. The number of carbonyl (C=O) groups is 1. The van der Waals surface area contributed by atoms with Crippen molar-refractivity contribution in [1.82, 2.24) is 4.90 Å². The molecule has 132 valence electrons. The topological polar surface area (TPSA) is 64.9 Å².